The van der Waals surface area contributed by atoms with E-state index in [2.05, 4.69) is 22.9 Å². The van der Waals surface area contributed by atoms with E-state index in [1.165, 1.54) is 0 Å². The zero-order valence-electron chi connectivity index (χ0n) is 15.2. The molecule has 0 aliphatic carbocycles. The van der Waals surface area contributed by atoms with E-state index in [-0.39, 0.29) is 18.4 Å². The van der Waals surface area contributed by atoms with Crippen molar-refractivity contribution in [2.24, 2.45) is 0 Å². The number of nitrogens with one attached hydrogen (secondary N) is 3. The summed E-state index contributed by atoms with van der Waals surface area (Å²) in [5.41, 5.74) is 1.99. The standard InChI is InChI=1S/C20H25N3O3/c1-3-4-13-26-18-8-6-5-7-17(18)23-19(24)14-22-16-11-9-15(10-12-16)20(25)21-2/h5-12,22H,3-4,13-14H2,1-2H3,(H,21,25)(H,23,24). The monoisotopic (exact) mass is 355 g/mol. The number of ether oxygens (including phenoxy) is 1. The van der Waals surface area contributed by atoms with Gasteiger partial charge < -0.3 is 20.7 Å². The number of carbonyl (C=O) groups excluding carboxylic acids is 2. The van der Waals surface area contributed by atoms with Crippen LogP contribution >= 0.6 is 0 Å². The summed E-state index contributed by atoms with van der Waals surface area (Å²) in [6.45, 7) is 2.84. The van der Waals surface area contributed by atoms with E-state index in [9.17, 15) is 9.59 Å². The van der Waals surface area contributed by atoms with Crippen molar-refractivity contribution in [3.05, 3.63) is 54.1 Å². The summed E-state index contributed by atoms with van der Waals surface area (Å²) in [6, 6.07) is 14.3. The van der Waals surface area contributed by atoms with Crippen molar-refractivity contribution in [3.8, 4) is 5.75 Å². The fraction of sp³-hybridized carbons (Fsp3) is 0.300. The molecule has 0 aliphatic rings. The van der Waals surface area contributed by atoms with Gasteiger partial charge in [0.15, 0.2) is 0 Å². The highest BCUT2D eigenvalue weighted by atomic mass is 16.5. The van der Waals surface area contributed by atoms with Crippen LogP contribution in [0.15, 0.2) is 48.5 Å². The van der Waals surface area contributed by atoms with E-state index in [0.29, 0.717) is 23.6 Å². The molecule has 0 spiro atoms. The molecule has 3 N–H and O–H groups in total. The summed E-state index contributed by atoms with van der Waals surface area (Å²) in [7, 11) is 1.59. The Morgan fingerprint density at radius 1 is 1.04 bits per heavy atom. The van der Waals surface area contributed by atoms with Gasteiger partial charge in [-0.25, -0.2) is 0 Å². The van der Waals surface area contributed by atoms with E-state index >= 15 is 0 Å². The van der Waals surface area contributed by atoms with Crippen molar-refractivity contribution in [2.45, 2.75) is 19.8 Å². The lowest BCUT2D eigenvalue weighted by Crippen LogP contribution is -2.22. The molecule has 6 heteroatoms. The van der Waals surface area contributed by atoms with Gasteiger partial charge in [0.2, 0.25) is 5.91 Å². The van der Waals surface area contributed by atoms with Gasteiger partial charge in [0.25, 0.3) is 5.91 Å². The number of rotatable bonds is 9. The highest BCUT2D eigenvalue weighted by molar-refractivity contribution is 5.96. The van der Waals surface area contributed by atoms with Crippen LogP contribution in [0.1, 0.15) is 30.1 Å². The molecule has 26 heavy (non-hydrogen) atoms. The number of hydrogen-bond donors (Lipinski definition) is 3. The minimum absolute atomic E-state index is 0.114. The first-order valence-corrected chi connectivity index (χ1v) is 8.71. The summed E-state index contributed by atoms with van der Waals surface area (Å²) in [5.74, 6) is 0.352. The number of anilines is 2. The van der Waals surface area contributed by atoms with Gasteiger partial charge in [0.1, 0.15) is 5.75 Å². The molecule has 138 valence electrons. The predicted molar refractivity (Wildman–Crippen MR) is 104 cm³/mol. The Morgan fingerprint density at radius 2 is 1.77 bits per heavy atom. The van der Waals surface area contributed by atoms with Crippen LogP contribution in [0, 0.1) is 0 Å². The molecule has 6 nitrogen and oxygen atoms in total. The average Bonchev–Trinajstić information content (AvgIpc) is 2.67. The molecule has 2 amide bonds. The number of unbranched alkanes of at least 4 members (excludes halogenated alkanes) is 1. The molecule has 0 aliphatic heterocycles. The Labute approximate surface area is 153 Å². The van der Waals surface area contributed by atoms with E-state index < -0.39 is 0 Å². The number of para-hydroxylation sites is 2. The largest absolute Gasteiger partial charge is 0.491 e. The molecule has 2 rings (SSSR count). The SMILES string of the molecule is CCCCOc1ccccc1NC(=O)CNc1ccc(C(=O)NC)cc1. The van der Waals surface area contributed by atoms with Crippen molar-refractivity contribution >= 4 is 23.2 Å². The molecule has 0 radical (unpaired) electrons. The lowest BCUT2D eigenvalue weighted by molar-refractivity contribution is -0.114. The zero-order chi connectivity index (χ0) is 18.8. The molecule has 2 aromatic carbocycles. The molecule has 0 aromatic heterocycles. The molecule has 0 fully saturated rings. The Morgan fingerprint density at radius 3 is 2.46 bits per heavy atom. The van der Waals surface area contributed by atoms with Gasteiger partial charge in [-0.2, -0.15) is 0 Å². The molecule has 0 bridgehead atoms. The van der Waals surface area contributed by atoms with Gasteiger partial charge in [0, 0.05) is 18.3 Å². The van der Waals surface area contributed by atoms with E-state index in [1.54, 1.807) is 31.3 Å². The molecule has 0 saturated carbocycles. The third-order valence-corrected chi connectivity index (χ3v) is 3.74. The lowest BCUT2D eigenvalue weighted by atomic mass is 10.2. The second-order valence-electron chi connectivity index (χ2n) is 5.76. The number of amides is 2. The molecule has 0 atom stereocenters. The maximum atomic E-state index is 12.2. The van der Waals surface area contributed by atoms with Gasteiger partial charge in [-0.1, -0.05) is 25.5 Å². The summed E-state index contributed by atoms with van der Waals surface area (Å²) < 4.78 is 5.71. The fourth-order valence-electron chi connectivity index (χ4n) is 2.28. The second kappa shape index (κ2) is 10.1. The molecular formula is C20H25N3O3. The summed E-state index contributed by atoms with van der Waals surface area (Å²) in [6.07, 6.45) is 2.02. The van der Waals surface area contributed by atoms with Gasteiger partial charge in [-0.3, -0.25) is 9.59 Å². The number of hydrogen-bond acceptors (Lipinski definition) is 4. The van der Waals surface area contributed by atoms with Crippen LogP contribution in [0.5, 0.6) is 5.75 Å². The van der Waals surface area contributed by atoms with Gasteiger partial charge in [-0.05, 0) is 42.8 Å². The van der Waals surface area contributed by atoms with Crippen molar-refractivity contribution in [1.82, 2.24) is 5.32 Å². The van der Waals surface area contributed by atoms with Crippen molar-refractivity contribution in [2.75, 3.05) is 30.8 Å². The molecule has 2 aromatic rings. The summed E-state index contributed by atoms with van der Waals surface area (Å²) in [4.78, 5) is 23.7. The van der Waals surface area contributed by atoms with E-state index in [4.69, 9.17) is 4.74 Å². The van der Waals surface area contributed by atoms with Gasteiger partial charge >= 0.3 is 0 Å². The highest BCUT2D eigenvalue weighted by Crippen LogP contribution is 2.24. The van der Waals surface area contributed by atoms with Crippen LogP contribution in [-0.4, -0.2) is 32.0 Å². The first-order chi connectivity index (χ1) is 12.6. The Hall–Kier alpha value is -3.02. The van der Waals surface area contributed by atoms with Crippen molar-refractivity contribution in [3.63, 3.8) is 0 Å². The van der Waals surface area contributed by atoms with Crippen LogP contribution in [0.3, 0.4) is 0 Å². The summed E-state index contributed by atoms with van der Waals surface area (Å²) >= 11 is 0. The Balaban J connectivity index is 1.88. The predicted octanol–water partition coefficient (Wildman–Crippen LogP) is 3.28. The summed E-state index contributed by atoms with van der Waals surface area (Å²) in [5, 5.41) is 8.46. The Bertz CT molecular complexity index is 729. The molecule has 0 unspecified atom stereocenters. The highest BCUT2D eigenvalue weighted by Gasteiger charge is 2.08. The first kappa shape index (κ1) is 19.3. The van der Waals surface area contributed by atoms with Crippen LogP contribution in [0.2, 0.25) is 0 Å². The Kier molecular flexibility index (Phi) is 7.49. The smallest absolute Gasteiger partial charge is 0.251 e. The second-order valence-corrected chi connectivity index (χ2v) is 5.76. The van der Waals surface area contributed by atoms with Crippen molar-refractivity contribution < 1.29 is 14.3 Å². The number of carbonyl (C=O) groups is 2. The molecule has 0 saturated heterocycles. The van der Waals surface area contributed by atoms with E-state index in [0.717, 1.165) is 18.5 Å². The van der Waals surface area contributed by atoms with Gasteiger partial charge in [0.05, 0.1) is 18.8 Å². The van der Waals surface area contributed by atoms with E-state index in [1.807, 2.05) is 24.3 Å². The van der Waals surface area contributed by atoms with Crippen LogP contribution in [0.25, 0.3) is 0 Å². The van der Waals surface area contributed by atoms with Crippen LogP contribution < -0.4 is 20.7 Å². The van der Waals surface area contributed by atoms with Crippen LogP contribution in [0.4, 0.5) is 11.4 Å². The molecular weight excluding hydrogens is 330 g/mol. The third kappa shape index (κ3) is 5.81. The number of benzene rings is 2. The third-order valence-electron chi connectivity index (χ3n) is 3.74. The quantitative estimate of drug-likeness (QED) is 0.603. The lowest BCUT2D eigenvalue weighted by Gasteiger charge is -2.13. The zero-order valence-corrected chi connectivity index (χ0v) is 15.2. The maximum absolute atomic E-state index is 12.2. The van der Waals surface area contributed by atoms with Gasteiger partial charge in [-0.15, -0.1) is 0 Å². The van der Waals surface area contributed by atoms with Crippen molar-refractivity contribution in [1.29, 1.82) is 0 Å². The average molecular weight is 355 g/mol. The minimum Gasteiger partial charge on any atom is -0.491 e. The minimum atomic E-state index is -0.174. The van der Waals surface area contributed by atoms with Crippen LogP contribution in [-0.2, 0) is 4.79 Å². The first-order valence-electron chi connectivity index (χ1n) is 8.71. The maximum Gasteiger partial charge on any atom is 0.251 e. The topological polar surface area (TPSA) is 79.5 Å². The normalized spacial score (nSPS) is 10.1. The fourth-order valence-corrected chi connectivity index (χ4v) is 2.28. The molecule has 0 heterocycles.